The first-order valence-electron chi connectivity index (χ1n) is 5.03. The minimum absolute atomic E-state index is 0.330. The molecule has 1 saturated heterocycles. The van der Waals surface area contributed by atoms with Crippen molar-refractivity contribution >= 4 is 15.9 Å². The maximum Gasteiger partial charge on any atom is 0.140 e. The van der Waals surface area contributed by atoms with Crippen LogP contribution in [-0.2, 0) is 6.42 Å². The molecule has 1 fully saturated rings. The zero-order valence-corrected chi connectivity index (χ0v) is 9.78. The van der Waals surface area contributed by atoms with Gasteiger partial charge in [-0.2, -0.15) is 0 Å². The molecule has 1 atom stereocenters. The Labute approximate surface area is 96.0 Å². The van der Waals surface area contributed by atoms with Crippen molar-refractivity contribution in [3.63, 3.8) is 0 Å². The Morgan fingerprint density at radius 3 is 2.80 bits per heavy atom. The third-order valence-corrected chi connectivity index (χ3v) is 3.33. The maximum absolute atomic E-state index is 13.4. The van der Waals surface area contributed by atoms with Gasteiger partial charge in [0.2, 0.25) is 0 Å². The van der Waals surface area contributed by atoms with Gasteiger partial charge in [-0.3, -0.25) is 0 Å². The third kappa shape index (κ3) is 2.55. The number of nitrogens with one attached hydrogen (secondary N) is 1. The van der Waals surface area contributed by atoms with E-state index in [-0.39, 0.29) is 0 Å². The van der Waals surface area contributed by atoms with Crippen LogP contribution in [0, 0.1) is 11.6 Å². The molecular weight excluding hydrogens is 264 g/mol. The van der Waals surface area contributed by atoms with Gasteiger partial charge in [-0.25, -0.2) is 8.78 Å². The molecule has 82 valence electrons. The van der Waals surface area contributed by atoms with E-state index in [0.717, 1.165) is 25.5 Å². The predicted molar refractivity (Wildman–Crippen MR) is 58.8 cm³/mol. The Kier molecular flexibility index (Phi) is 3.36. The highest BCUT2D eigenvalue weighted by Crippen LogP contribution is 2.22. The van der Waals surface area contributed by atoms with Crippen LogP contribution in [0.5, 0.6) is 0 Å². The Balaban J connectivity index is 2.16. The van der Waals surface area contributed by atoms with Gasteiger partial charge in [0.1, 0.15) is 11.6 Å². The van der Waals surface area contributed by atoms with E-state index in [9.17, 15) is 8.78 Å². The molecule has 0 amide bonds. The summed E-state index contributed by atoms with van der Waals surface area (Å²) in [5.41, 5.74) is 0.572. The fourth-order valence-electron chi connectivity index (χ4n) is 1.92. The lowest BCUT2D eigenvalue weighted by Gasteiger charge is -2.11. The third-order valence-electron chi connectivity index (χ3n) is 2.72. The summed E-state index contributed by atoms with van der Waals surface area (Å²) in [6, 6.07) is 2.80. The highest BCUT2D eigenvalue weighted by Gasteiger charge is 2.17. The maximum atomic E-state index is 13.4. The van der Waals surface area contributed by atoms with Crippen LogP contribution in [-0.4, -0.2) is 12.6 Å². The summed E-state index contributed by atoms with van der Waals surface area (Å²) in [5.74, 6) is -1.000. The van der Waals surface area contributed by atoms with Crippen molar-refractivity contribution in [3.8, 4) is 0 Å². The molecule has 1 unspecified atom stereocenters. The fraction of sp³-hybridized carbons (Fsp3) is 0.455. The van der Waals surface area contributed by atoms with E-state index < -0.39 is 11.6 Å². The minimum atomic E-state index is -0.546. The van der Waals surface area contributed by atoms with E-state index >= 15 is 0 Å². The van der Waals surface area contributed by atoms with Crippen molar-refractivity contribution in [2.45, 2.75) is 25.3 Å². The predicted octanol–water partition coefficient (Wildman–Crippen LogP) is 3.02. The van der Waals surface area contributed by atoms with Crippen molar-refractivity contribution in [3.05, 3.63) is 33.8 Å². The van der Waals surface area contributed by atoms with Gasteiger partial charge in [0, 0.05) is 12.1 Å². The molecule has 0 spiro atoms. The average Bonchev–Trinajstić information content (AvgIpc) is 2.67. The molecule has 1 nitrogen and oxygen atoms in total. The Morgan fingerprint density at radius 1 is 1.33 bits per heavy atom. The molecule has 1 N–H and O–H groups in total. The molecule has 0 saturated carbocycles. The standard InChI is InChI=1S/C11H12BrF2N/c12-9-5-7(10(13)6-11(9)14)4-8-2-1-3-15-8/h5-6,8,15H,1-4H2. The number of halogens is 3. The summed E-state index contributed by atoms with van der Waals surface area (Å²) >= 11 is 3.07. The molecule has 0 aliphatic carbocycles. The summed E-state index contributed by atoms with van der Waals surface area (Å²) in [4.78, 5) is 0. The normalized spacial score (nSPS) is 20.9. The van der Waals surface area contributed by atoms with Gasteiger partial charge < -0.3 is 5.32 Å². The molecular formula is C11H12BrF2N. The molecule has 1 aromatic rings. The first kappa shape index (κ1) is 11.0. The minimum Gasteiger partial charge on any atom is -0.314 e. The summed E-state index contributed by atoms with van der Waals surface area (Å²) in [5, 5.41) is 3.29. The summed E-state index contributed by atoms with van der Waals surface area (Å²) in [7, 11) is 0. The topological polar surface area (TPSA) is 12.0 Å². The van der Waals surface area contributed by atoms with Gasteiger partial charge >= 0.3 is 0 Å². The van der Waals surface area contributed by atoms with Crippen LogP contribution in [0.2, 0.25) is 0 Å². The first-order valence-corrected chi connectivity index (χ1v) is 5.83. The lowest BCUT2D eigenvalue weighted by atomic mass is 10.0. The van der Waals surface area contributed by atoms with Crippen molar-refractivity contribution < 1.29 is 8.78 Å². The van der Waals surface area contributed by atoms with Gasteiger partial charge in [0.05, 0.1) is 4.47 Å². The van der Waals surface area contributed by atoms with E-state index in [2.05, 4.69) is 21.2 Å². The summed E-state index contributed by atoms with van der Waals surface area (Å²) < 4.78 is 26.7. The molecule has 15 heavy (non-hydrogen) atoms. The van der Waals surface area contributed by atoms with E-state index in [0.29, 0.717) is 22.5 Å². The zero-order chi connectivity index (χ0) is 10.8. The molecule has 0 aromatic heterocycles. The van der Waals surface area contributed by atoms with E-state index in [4.69, 9.17) is 0 Å². The van der Waals surface area contributed by atoms with Crippen molar-refractivity contribution in [2.24, 2.45) is 0 Å². The van der Waals surface area contributed by atoms with Gasteiger partial charge in [0.25, 0.3) is 0 Å². The van der Waals surface area contributed by atoms with Crippen LogP contribution in [0.25, 0.3) is 0 Å². The first-order chi connectivity index (χ1) is 7.16. The molecule has 2 rings (SSSR count). The Morgan fingerprint density at radius 2 is 2.13 bits per heavy atom. The lowest BCUT2D eigenvalue weighted by Crippen LogP contribution is -2.24. The SMILES string of the molecule is Fc1cc(F)c(CC2CCCN2)cc1Br. The van der Waals surface area contributed by atoms with Gasteiger partial charge in [-0.1, -0.05) is 0 Å². The van der Waals surface area contributed by atoms with Crippen LogP contribution < -0.4 is 5.32 Å². The highest BCUT2D eigenvalue weighted by atomic mass is 79.9. The fourth-order valence-corrected chi connectivity index (χ4v) is 2.31. The van der Waals surface area contributed by atoms with Gasteiger partial charge in [0.15, 0.2) is 0 Å². The summed E-state index contributed by atoms with van der Waals surface area (Å²) in [6.45, 7) is 0.995. The molecule has 1 aliphatic heterocycles. The quantitative estimate of drug-likeness (QED) is 0.819. The van der Waals surface area contributed by atoms with Gasteiger partial charge in [-0.05, 0) is 53.4 Å². The molecule has 0 radical (unpaired) electrons. The monoisotopic (exact) mass is 275 g/mol. The molecule has 1 heterocycles. The Hall–Kier alpha value is -0.480. The van der Waals surface area contributed by atoms with Crippen LogP contribution in [0.4, 0.5) is 8.78 Å². The lowest BCUT2D eigenvalue weighted by molar-refractivity contribution is 0.542. The van der Waals surface area contributed by atoms with Crippen LogP contribution in [0.1, 0.15) is 18.4 Å². The van der Waals surface area contributed by atoms with Gasteiger partial charge in [-0.15, -0.1) is 0 Å². The van der Waals surface area contributed by atoms with Crippen molar-refractivity contribution in [2.75, 3.05) is 6.54 Å². The van der Waals surface area contributed by atoms with E-state index in [1.165, 1.54) is 6.07 Å². The van der Waals surface area contributed by atoms with Crippen LogP contribution in [0.3, 0.4) is 0 Å². The second-order valence-corrected chi connectivity index (χ2v) is 4.71. The van der Waals surface area contributed by atoms with E-state index in [1.54, 1.807) is 0 Å². The number of hydrogen-bond acceptors (Lipinski definition) is 1. The average molecular weight is 276 g/mol. The molecule has 0 bridgehead atoms. The molecule has 1 aromatic carbocycles. The highest BCUT2D eigenvalue weighted by molar-refractivity contribution is 9.10. The smallest absolute Gasteiger partial charge is 0.140 e. The van der Waals surface area contributed by atoms with Crippen LogP contribution >= 0.6 is 15.9 Å². The van der Waals surface area contributed by atoms with E-state index in [1.807, 2.05) is 0 Å². The number of rotatable bonds is 2. The molecule has 4 heteroatoms. The number of benzene rings is 1. The second-order valence-electron chi connectivity index (χ2n) is 3.86. The summed E-state index contributed by atoms with van der Waals surface area (Å²) in [6.07, 6.45) is 2.83. The van der Waals surface area contributed by atoms with Crippen molar-refractivity contribution in [1.82, 2.24) is 5.32 Å². The Bertz CT molecular complexity index is 362. The van der Waals surface area contributed by atoms with Crippen molar-refractivity contribution in [1.29, 1.82) is 0 Å². The molecule has 1 aliphatic rings. The largest absolute Gasteiger partial charge is 0.314 e. The second kappa shape index (κ2) is 4.58. The van der Waals surface area contributed by atoms with Crippen LogP contribution in [0.15, 0.2) is 16.6 Å². The number of hydrogen-bond donors (Lipinski definition) is 1. The zero-order valence-electron chi connectivity index (χ0n) is 8.19.